The van der Waals surface area contributed by atoms with Gasteiger partial charge in [-0.05, 0) is 44.1 Å². The highest BCUT2D eigenvalue weighted by Crippen LogP contribution is 2.19. The molecule has 112 valence electrons. The van der Waals surface area contributed by atoms with Gasteiger partial charge in [-0.1, -0.05) is 12.1 Å². The second-order valence-electron chi connectivity index (χ2n) is 5.57. The standard InChI is InChI=1S/C14H23N3O2S/c1-16-9-3-4-14(10-16)17(2)20(18,19)11-12-5-7-13(15)8-6-12/h5-8,14H,3-4,9-11,15H2,1-2H3. The zero-order chi connectivity index (χ0) is 14.8. The molecule has 1 aliphatic heterocycles. The molecule has 1 atom stereocenters. The van der Waals surface area contributed by atoms with E-state index in [9.17, 15) is 8.42 Å². The summed E-state index contributed by atoms with van der Waals surface area (Å²) in [7, 11) is 0.442. The van der Waals surface area contributed by atoms with E-state index in [4.69, 9.17) is 5.73 Å². The number of nitrogen functional groups attached to an aromatic ring is 1. The van der Waals surface area contributed by atoms with Gasteiger partial charge >= 0.3 is 0 Å². The first kappa shape index (κ1) is 15.3. The van der Waals surface area contributed by atoms with Crippen molar-refractivity contribution in [2.24, 2.45) is 0 Å². The molecule has 0 saturated carbocycles. The molecule has 1 unspecified atom stereocenters. The highest BCUT2D eigenvalue weighted by atomic mass is 32.2. The minimum absolute atomic E-state index is 0.0317. The lowest BCUT2D eigenvalue weighted by atomic mass is 10.1. The second kappa shape index (κ2) is 6.11. The van der Waals surface area contributed by atoms with Gasteiger partial charge < -0.3 is 10.6 Å². The number of likely N-dealkylation sites (tertiary alicyclic amines) is 1. The first-order chi connectivity index (χ1) is 9.38. The van der Waals surface area contributed by atoms with Crippen LogP contribution in [0.1, 0.15) is 18.4 Å². The molecular weight excluding hydrogens is 274 g/mol. The number of hydrogen-bond acceptors (Lipinski definition) is 4. The molecule has 0 aliphatic carbocycles. The van der Waals surface area contributed by atoms with Gasteiger partial charge in [-0.2, -0.15) is 0 Å². The number of benzene rings is 1. The Kier molecular flexibility index (Phi) is 4.67. The molecule has 2 N–H and O–H groups in total. The van der Waals surface area contributed by atoms with E-state index < -0.39 is 10.0 Å². The summed E-state index contributed by atoms with van der Waals surface area (Å²) in [6, 6.07) is 7.09. The van der Waals surface area contributed by atoms with Crippen LogP contribution in [-0.4, -0.2) is 50.8 Å². The molecule has 6 heteroatoms. The lowest BCUT2D eigenvalue weighted by Gasteiger charge is -2.35. The van der Waals surface area contributed by atoms with E-state index in [1.807, 2.05) is 7.05 Å². The Morgan fingerprint density at radius 1 is 1.35 bits per heavy atom. The monoisotopic (exact) mass is 297 g/mol. The van der Waals surface area contributed by atoms with Crippen LogP contribution in [0.2, 0.25) is 0 Å². The molecule has 0 aromatic heterocycles. The summed E-state index contributed by atoms with van der Waals surface area (Å²) in [5.74, 6) is 0.0317. The molecule has 0 amide bonds. The second-order valence-corrected chi connectivity index (χ2v) is 7.60. The predicted octanol–water partition coefficient (Wildman–Crippen LogP) is 1.12. The zero-order valence-electron chi connectivity index (χ0n) is 12.1. The van der Waals surface area contributed by atoms with Crippen LogP contribution in [0.3, 0.4) is 0 Å². The van der Waals surface area contributed by atoms with Crippen molar-refractivity contribution in [3.8, 4) is 0 Å². The molecule has 1 aromatic carbocycles. The SMILES string of the molecule is CN1CCCC(N(C)S(=O)(=O)Cc2ccc(N)cc2)C1. The molecular formula is C14H23N3O2S. The smallest absolute Gasteiger partial charge is 0.218 e. The third-order valence-corrected chi connectivity index (χ3v) is 5.76. The molecule has 0 spiro atoms. The van der Waals surface area contributed by atoms with Gasteiger partial charge in [0.05, 0.1) is 5.75 Å². The lowest BCUT2D eigenvalue weighted by molar-refractivity contribution is 0.187. The number of hydrogen-bond donors (Lipinski definition) is 1. The average molecular weight is 297 g/mol. The van der Waals surface area contributed by atoms with E-state index in [2.05, 4.69) is 4.90 Å². The summed E-state index contributed by atoms with van der Waals surface area (Å²) in [5.41, 5.74) is 7.04. The molecule has 20 heavy (non-hydrogen) atoms. The minimum Gasteiger partial charge on any atom is -0.399 e. The Bertz CT molecular complexity index is 542. The summed E-state index contributed by atoms with van der Waals surface area (Å²) < 4.78 is 26.5. The van der Waals surface area contributed by atoms with Crippen LogP contribution in [0.4, 0.5) is 5.69 Å². The third kappa shape index (κ3) is 3.71. The molecule has 1 fully saturated rings. The van der Waals surface area contributed by atoms with Crippen molar-refractivity contribution in [1.82, 2.24) is 9.21 Å². The molecule has 1 saturated heterocycles. The molecule has 5 nitrogen and oxygen atoms in total. The number of anilines is 1. The van der Waals surface area contributed by atoms with Gasteiger partial charge in [-0.25, -0.2) is 12.7 Å². The fourth-order valence-electron chi connectivity index (χ4n) is 2.59. The van der Waals surface area contributed by atoms with Crippen molar-refractivity contribution in [1.29, 1.82) is 0 Å². The Hall–Kier alpha value is -1.11. The molecule has 1 aromatic rings. The summed E-state index contributed by atoms with van der Waals surface area (Å²) >= 11 is 0. The van der Waals surface area contributed by atoms with Gasteiger partial charge in [0, 0.05) is 25.3 Å². The van der Waals surface area contributed by atoms with Gasteiger partial charge in [-0.3, -0.25) is 0 Å². The highest BCUT2D eigenvalue weighted by Gasteiger charge is 2.29. The average Bonchev–Trinajstić information content (AvgIpc) is 2.40. The fourth-order valence-corrected chi connectivity index (χ4v) is 4.03. The van der Waals surface area contributed by atoms with Crippen molar-refractivity contribution >= 4 is 15.7 Å². The van der Waals surface area contributed by atoms with Gasteiger partial charge in [0.15, 0.2) is 0 Å². The van der Waals surface area contributed by atoms with Crippen molar-refractivity contribution in [3.05, 3.63) is 29.8 Å². The van der Waals surface area contributed by atoms with Crippen LogP contribution in [0, 0.1) is 0 Å². The number of sulfonamides is 1. The number of nitrogens with zero attached hydrogens (tertiary/aromatic N) is 2. The summed E-state index contributed by atoms with van der Waals surface area (Å²) in [6.45, 7) is 1.85. The first-order valence-corrected chi connectivity index (χ1v) is 8.48. The van der Waals surface area contributed by atoms with E-state index >= 15 is 0 Å². The van der Waals surface area contributed by atoms with Gasteiger partial charge in [0.1, 0.15) is 0 Å². The van der Waals surface area contributed by atoms with Gasteiger partial charge in [0.2, 0.25) is 10.0 Å². The normalized spacial score (nSPS) is 21.2. The zero-order valence-corrected chi connectivity index (χ0v) is 12.9. The van der Waals surface area contributed by atoms with E-state index in [0.29, 0.717) is 5.69 Å². The molecule has 0 bridgehead atoms. The van der Waals surface area contributed by atoms with Crippen LogP contribution in [-0.2, 0) is 15.8 Å². The van der Waals surface area contributed by atoms with Crippen molar-refractivity contribution < 1.29 is 8.42 Å². The number of likely N-dealkylation sites (N-methyl/N-ethyl adjacent to an activating group) is 2. The molecule has 0 radical (unpaired) electrons. The maximum atomic E-state index is 12.5. The Balaban J connectivity index is 2.07. The van der Waals surface area contributed by atoms with E-state index in [1.54, 1.807) is 35.6 Å². The lowest BCUT2D eigenvalue weighted by Crippen LogP contribution is -2.47. The van der Waals surface area contributed by atoms with Crippen molar-refractivity contribution in [2.45, 2.75) is 24.6 Å². The largest absolute Gasteiger partial charge is 0.399 e. The van der Waals surface area contributed by atoms with E-state index in [0.717, 1.165) is 31.5 Å². The van der Waals surface area contributed by atoms with Crippen LogP contribution >= 0.6 is 0 Å². The van der Waals surface area contributed by atoms with E-state index in [-0.39, 0.29) is 11.8 Å². The highest BCUT2D eigenvalue weighted by molar-refractivity contribution is 7.88. The topological polar surface area (TPSA) is 66.6 Å². The van der Waals surface area contributed by atoms with Gasteiger partial charge in [0.25, 0.3) is 0 Å². The predicted molar refractivity (Wildman–Crippen MR) is 81.8 cm³/mol. The molecule has 1 aliphatic rings. The maximum Gasteiger partial charge on any atom is 0.218 e. The molecule has 1 heterocycles. The number of nitrogens with two attached hydrogens (primary N) is 1. The van der Waals surface area contributed by atoms with Gasteiger partial charge in [-0.15, -0.1) is 0 Å². The van der Waals surface area contributed by atoms with Crippen LogP contribution in [0.5, 0.6) is 0 Å². The Labute approximate surface area is 121 Å². The summed E-state index contributed by atoms with van der Waals surface area (Å²) in [6.07, 6.45) is 1.98. The number of rotatable bonds is 4. The Morgan fingerprint density at radius 3 is 2.60 bits per heavy atom. The minimum atomic E-state index is -3.28. The van der Waals surface area contributed by atoms with Crippen LogP contribution < -0.4 is 5.73 Å². The van der Waals surface area contributed by atoms with Crippen LogP contribution in [0.25, 0.3) is 0 Å². The van der Waals surface area contributed by atoms with Crippen LogP contribution in [0.15, 0.2) is 24.3 Å². The maximum absolute atomic E-state index is 12.5. The first-order valence-electron chi connectivity index (χ1n) is 6.87. The molecule has 2 rings (SSSR count). The van der Waals surface area contributed by atoms with Crippen molar-refractivity contribution in [2.75, 3.05) is 32.9 Å². The summed E-state index contributed by atoms with van der Waals surface area (Å²) in [4.78, 5) is 2.18. The van der Waals surface area contributed by atoms with Crippen molar-refractivity contribution in [3.63, 3.8) is 0 Å². The summed E-state index contributed by atoms with van der Waals surface area (Å²) in [5, 5.41) is 0. The quantitative estimate of drug-likeness (QED) is 0.846. The third-order valence-electron chi connectivity index (χ3n) is 3.88. The Morgan fingerprint density at radius 2 is 2.00 bits per heavy atom. The van der Waals surface area contributed by atoms with E-state index in [1.165, 1.54) is 0 Å². The fraction of sp³-hybridized carbons (Fsp3) is 0.571. The number of piperidine rings is 1.